The summed E-state index contributed by atoms with van der Waals surface area (Å²) >= 11 is 3.40. The fourth-order valence-corrected chi connectivity index (χ4v) is 1.90. The van der Waals surface area contributed by atoms with Gasteiger partial charge >= 0.3 is 5.97 Å². The molecule has 2 aromatic rings. The van der Waals surface area contributed by atoms with Crippen LogP contribution in [0.1, 0.15) is 11.1 Å². The molecule has 0 aromatic heterocycles. The third-order valence-corrected chi connectivity index (χ3v) is 3.24. The molecule has 0 saturated heterocycles. The van der Waals surface area contributed by atoms with Crippen LogP contribution in [0.2, 0.25) is 0 Å². The Bertz CT molecular complexity index is 675. The predicted molar refractivity (Wildman–Crippen MR) is 88.9 cm³/mol. The fraction of sp³-hybridized carbons (Fsp3) is 0.0588. The van der Waals surface area contributed by atoms with Gasteiger partial charge in [0.1, 0.15) is 0 Å². The minimum Gasteiger partial charge on any atom is -0.466 e. The van der Waals surface area contributed by atoms with E-state index >= 15 is 0 Å². The van der Waals surface area contributed by atoms with E-state index in [4.69, 9.17) is 0 Å². The number of carbonyl (C=O) groups is 1. The molecule has 0 bridgehead atoms. The molecule has 4 heteroatoms. The third kappa shape index (κ3) is 5.00. The van der Waals surface area contributed by atoms with Gasteiger partial charge in [-0.15, -0.1) is 0 Å². The molecule has 0 aliphatic heterocycles. The molecule has 2 aromatic carbocycles. The Morgan fingerprint density at radius 2 is 1.90 bits per heavy atom. The van der Waals surface area contributed by atoms with E-state index in [-0.39, 0.29) is 5.97 Å². The van der Waals surface area contributed by atoms with Crippen LogP contribution in [0.25, 0.3) is 6.08 Å². The molecule has 0 aliphatic rings. The van der Waals surface area contributed by atoms with E-state index in [0.29, 0.717) is 0 Å². The van der Waals surface area contributed by atoms with Crippen molar-refractivity contribution in [1.29, 1.82) is 0 Å². The van der Waals surface area contributed by atoms with Crippen LogP contribution < -0.4 is 0 Å². The van der Waals surface area contributed by atoms with Gasteiger partial charge in [0.2, 0.25) is 0 Å². The summed E-state index contributed by atoms with van der Waals surface area (Å²) in [5.41, 5.74) is 2.74. The molecule has 0 spiro atoms. The highest BCUT2D eigenvalue weighted by molar-refractivity contribution is 9.10. The van der Waals surface area contributed by atoms with Crippen molar-refractivity contribution in [3.05, 3.63) is 70.2 Å². The van der Waals surface area contributed by atoms with Gasteiger partial charge in [-0.1, -0.05) is 40.2 Å². The molecule has 0 heterocycles. The van der Waals surface area contributed by atoms with E-state index in [0.717, 1.165) is 21.3 Å². The Morgan fingerprint density at radius 3 is 2.62 bits per heavy atom. The molecule has 0 atom stereocenters. The van der Waals surface area contributed by atoms with Gasteiger partial charge in [0, 0.05) is 16.8 Å². The molecule has 0 N–H and O–H groups in total. The number of benzene rings is 2. The lowest BCUT2D eigenvalue weighted by Gasteiger charge is -1.97. The summed E-state index contributed by atoms with van der Waals surface area (Å²) in [4.78, 5) is 15.5. The summed E-state index contributed by atoms with van der Waals surface area (Å²) in [6.45, 7) is 0. The van der Waals surface area contributed by atoms with Crippen molar-refractivity contribution in [2.45, 2.75) is 0 Å². The second-order valence-corrected chi connectivity index (χ2v) is 5.18. The van der Waals surface area contributed by atoms with Gasteiger partial charge < -0.3 is 4.74 Å². The Balaban J connectivity index is 2.12. The maximum absolute atomic E-state index is 11.1. The summed E-state index contributed by atoms with van der Waals surface area (Å²) in [6.07, 6.45) is 4.89. The fourth-order valence-electron chi connectivity index (χ4n) is 1.64. The number of esters is 1. The first-order valence-electron chi connectivity index (χ1n) is 6.33. The van der Waals surface area contributed by atoms with Crippen molar-refractivity contribution >= 4 is 39.9 Å². The predicted octanol–water partition coefficient (Wildman–Crippen LogP) is 4.39. The maximum atomic E-state index is 11.1. The number of halogens is 1. The standard InChI is InChI=1S/C17H14BrNO2/c1-21-17(20)10-7-13-3-2-4-16(11-13)19-12-14-5-8-15(18)9-6-14/h2-12H,1H3/b10-7+,19-12?. The van der Waals surface area contributed by atoms with Gasteiger partial charge in [-0.3, -0.25) is 4.99 Å². The second-order valence-electron chi connectivity index (χ2n) is 4.26. The number of hydrogen-bond donors (Lipinski definition) is 0. The van der Waals surface area contributed by atoms with E-state index in [1.54, 1.807) is 12.3 Å². The summed E-state index contributed by atoms with van der Waals surface area (Å²) in [5, 5.41) is 0. The van der Waals surface area contributed by atoms with Crippen molar-refractivity contribution in [2.75, 3.05) is 7.11 Å². The molecular weight excluding hydrogens is 330 g/mol. The van der Waals surface area contributed by atoms with Crippen LogP contribution in [0.3, 0.4) is 0 Å². The first-order valence-corrected chi connectivity index (χ1v) is 7.12. The van der Waals surface area contributed by atoms with Gasteiger partial charge in [-0.25, -0.2) is 4.79 Å². The third-order valence-electron chi connectivity index (χ3n) is 2.72. The van der Waals surface area contributed by atoms with Crippen molar-refractivity contribution in [3.8, 4) is 0 Å². The van der Waals surface area contributed by atoms with Gasteiger partial charge in [0.05, 0.1) is 12.8 Å². The highest BCUT2D eigenvalue weighted by Crippen LogP contribution is 2.16. The molecule has 0 radical (unpaired) electrons. The molecule has 106 valence electrons. The first kappa shape index (κ1) is 15.2. The monoisotopic (exact) mass is 343 g/mol. The Kier molecular flexibility index (Phi) is 5.46. The molecule has 0 unspecified atom stereocenters. The van der Waals surface area contributed by atoms with Crippen LogP contribution in [-0.2, 0) is 9.53 Å². The van der Waals surface area contributed by atoms with Crippen LogP contribution in [0.5, 0.6) is 0 Å². The van der Waals surface area contributed by atoms with Crippen LogP contribution in [0.4, 0.5) is 5.69 Å². The van der Waals surface area contributed by atoms with E-state index in [1.807, 2.05) is 48.5 Å². The number of carbonyl (C=O) groups excluding carboxylic acids is 1. The highest BCUT2D eigenvalue weighted by atomic mass is 79.9. The minimum absolute atomic E-state index is 0.376. The quantitative estimate of drug-likeness (QED) is 0.469. The zero-order valence-electron chi connectivity index (χ0n) is 11.5. The number of rotatable bonds is 4. The number of methoxy groups -OCH3 is 1. The largest absolute Gasteiger partial charge is 0.466 e. The molecule has 0 aliphatic carbocycles. The summed E-state index contributed by atoms with van der Waals surface area (Å²) in [5.74, 6) is -0.376. The molecule has 21 heavy (non-hydrogen) atoms. The van der Waals surface area contributed by atoms with Crippen molar-refractivity contribution in [2.24, 2.45) is 4.99 Å². The van der Waals surface area contributed by atoms with Gasteiger partial charge in [-0.2, -0.15) is 0 Å². The Labute approximate surface area is 132 Å². The van der Waals surface area contributed by atoms with Crippen molar-refractivity contribution in [3.63, 3.8) is 0 Å². The summed E-state index contributed by atoms with van der Waals surface area (Å²) in [6, 6.07) is 15.5. The summed E-state index contributed by atoms with van der Waals surface area (Å²) in [7, 11) is 1.35. The second kappa shape index (κ2) is 7.55. The molecule has 0 amide bonds. The van der Waals surface area contributed by atoms with Crippen molar-refractivity contribution in [1.82, 2.24) is 0 Å². The lowest BCUT2D eigenvalue weighted by molar-refractivity contribution is -0.134. The smallest absolute Gasteiger partial charge is 0.330 e. The van der Waals surface area contributed by atoms with E-state index in [1.165, 1.54) is 13.2 Å². The maximum Gasteiger partial charge on any atom is 0.330 e. The van der Waals surface area contributed by atoms with Gasteiger partial charge in [-0.05, 0) is 41.5 Å². The topological polar surface area (TPSA) is 38.7 Å². The Morgan fingerprint density at radius 1 is 1.14 bits per heavy atom. The lowest BCUT2D eigenvalue weighted by Crippen LogP contribution is -1.93. The van der Waals surface area contributed by atoms with E-state index < -0.39 is 0 Å². The first-order chi connectivity index (χ1) is 10.2. The van der Waals surface area contributed by atoms with E-state index in [2.05, 4.69) is 25.7 Å². The number of hydrogen-bond acceptors (Lipinski definition) is 3. The van der Waals surface area contributed by atoms with E-state index in [9.17, 15) is 4.79 Å². The van der Waals surface area contributed by atoms with Gasteiger partial charge in [0.15, 0.2) is 0 Å². The molecule has 0 saturated carbocycles. The molecule has 0 fully saturated rings. The zero-order valence-corrected chi connectivity index (χ0v) is 13.1. The molecule has 2 rings (SSSR count). The van der Waals surface area contributed by atoms with Gasteiger partial charge in [0.25, 0.3) is 0 Å². The Hall–Kier alpha value is -2.20. The number of ether oxygens (including phenoxy) is 1. The zero-order chi connectivity index (χ0) is 15.1. The van der Waals surface area contributed by atoms with Crippen LogP contribution in [-0.4, -0.2) is 19.3 Å². The van der Waals surface area contributed by atoms with Crippen LogP contribution in [0.15, 0.2) is 64.1 Å². The lowest BCUT2D eigenvalue weighted by atomic mass is 10.2. The number of aliphatic imine (C=N–C) groups is 1. The van der Waals surface area contributed by atoms with Crippen molar-refractivity contribution < 1.29 is 9.53 Å². The average Bonchev–Trinajstić information content (AvgIpc) is 2.52. The van der Waals surface area contributed by atoms with Crippen LogP contribution in [0, 0.1) is 0 Å². The van der Waals surface area contributed by atoms with Crippen LogP contribution >= 0.6 is 15.9 Å². The normalized spacial score (nSPS) is 11.1. The average molecular weight is 344 g/mol. The summed E-state index contributed by atoms with van der Waals surface area (Å²) < 4.78 is 5.59. The molecular formula is C17H14BrNO2. The minimum atomic E-state index is -0.376. The highest BCUT2D eigenvalue weighted by Gasteiger charge is 1.94. The molecule has 3 nitrogen and oxygen atoms in total. The SMILES string of the molecule is COC(=O)/C=C/c1cccc(N=Cc2ccc(Br)cc2)c1. The number of nitrogens with zero attached hydrogens (tertiary/aromatic N) is 1.